The number of thiophene rings is 1. The molecular weight excluding hydrogens is 212 g/mol. The van der Waals surface area contributed by atoms with Gasteiger partial charge in [-0.05, 0) is 19.9 Å². The van der Waals surface area contributed by atoms with E-state index in [9.17, 15) is 4.79 Å². The van der Waals surface area contributed by atoms with E-state index in [0.717, 1.165) is 9.71 Å². The van der Waals surface area contributed by atoms with Crippen LogP contribution < -0.4 is 5.56 Å². The van der Waals surface area contributed by atoms with Gasteiger partial charge in [0.1, 0.15) is 17.4 Å². The van der Waals surface area contributed by atoms with E-state index in [1.165, 1.54) is 4.57 Å². The van der Waals surface area contributed by atoms with Crippen LogP contribution in [0.25, 0.3) is 10.2 Å². The second-order valence-corrected chi connectivity index (χ2v) is 4.62. The maximum Gasteiger partial charge on any atom is 0.264 e. The Labute approximate surface area is 91.1 Å². The summed E-state index contributed by atoms with van der Waals surface area (Å²) in [5.74, 6) is 0.691. The number of rotatable bonds is 2. The number of aromatic nitrogens is 2. The molecule has 0 amide bonds. The third-order valence-corrected chi connectivity index (χ3v) is 3.17. The Morgan fingerprint density at radius 3 is 2.93 bits per heavy atom. The minimum Gasteiger partial charge on any atom is -0.364 e. The van der Waals surface area contributed by atoms with E-state index < -0.39 is 0 Å². The number of nitrogens with zero attached hydrogens (tertiary/aromatic N) is 2. The highest BCUT2D eigenvalue weighted by Gasteiger charge is 2.09. The smallest absolute Gasteiger partial charge is 0.264 e. The van der Waals surface area contributed by atoms with Crippen LogP contribution in [0.15, 0.2) is 10.9 Å². The number of fused-ring (bicyclic) bond motifs is 1. The third kappa shape index (κ3) is 1.68. The molecule has 15 heavy (non-hydrogen) atoms. The standard InChI is InChI=1S/C10H12N2O2S/c1-6-4-8-9(15-6)11-7(2)12(5-14-3)10(8)13/h4H,5H2,1-3H3. The van der Waals surface area contributed by atoms with Crippen molar-refractivity contribution in [2.45, 2.75) is 20.6 Å². The predicted molar refractivity (Wildman–Crippen MR) is 60.4 cm³/mol. The van der Waals surface area contributed by atoms with E-state index in [-0.39, 0.29) is 12.3 Å². The molecule has 0 radical (unpaired) electrons. The van der Waals surface area contributed by atoms with Gasteiger partial charge in [-0.15, -0.1) is 11.3 Å². The van der Waals surface area contributed by atoms with Crippen LogP contribution in [0.5, 0.6) is 0 Å². The van der Waals surface area contributed by atoms with Crippen molar-refractivity contribution in [3.8, 4) is 0 Å². The highest BCUT2D eigenvalue weighted by Crippen LogP contribution is 2.20. The second-order valence-electron chi connectivity index (χ2n) is 3.39. The molecule has 0 aliphatic heterocycles. The maximum absolute atomic E-state index is 12.0. The van der Waals surface area contributed by atoms with Crippen LogP contribution in [0.3, 0.4) is 0 Å². The van der Waals surface area contributed by atoms with E-state index in [4.69, 9.17) is 4.74 Å². The Kier molecular flexibility index (Phi) is 2.58. The minimum atomic E-state index is -0.0244. The molecule has 0 fully saturated rings. The summed E-state index contributed by atoms with van der Waals surface area (Å²) in [7, 11) is 1.56. The quantitative estimate of drug-likeness (QED) is 0.779. The highest BCUT2D eigenvalue weighted by atomic mass is 32.1. The van der Waals surface area contributed by atoms with Crippen molar-refractivity contribution >= 4 is 21.6 Å². The Balaban J connectivity index is 2.77. The van der Waals surface area contributed by atoms with Gasteiger partial charge < -0.3 is 4.74 Å². The predicted octanol–water partition coefficient (Wildman–Crippen LogP) is 1.68. The summed E-state index contributed by atoms with van der Waals surface area (Å²) >= 11 is 1.54. The normalized spacial score (nSPS) is 11.1. The molecule has 2 heterocycles. The fourth-order valence-electron chi connectivity index (χ4n) is 1.52. The van der Waals surface area contributed by atoms with Crippen LogP contribution in [-0.2, 0) is 11.5 Å². The number of ether oxygens (including phenoxy) is 1. The third-order valence-electron chi connectivity index (χ3n) is 2.22. The Hall–Kier alpha value is -1.20. The van der Waals surface area contributed by atoms with Crippen LogP contribution in [-0.4, -0.2) is 16.7 Å². The molecule has 0 spiro atoms. The van der Waals surface area contributed by atoms with Gasteiger partial charge in [0.05, 0.1) is 5.39 Å². The van der Waals surface area contributed by atoms with Crippen molar-refractivity contribution in [2.75, 3.05) is 7.11 Å². The zero-order chi connectivity index (χ0) is 11.0. The van der Waals surface area contributed by atoms with Crippen LogP contribution >= 0.6 is 11.3 Å². The molecule has 0 atom stereocenters. The topological polar surface area (TPSA) is 44.1 Å². The lowest BCUT2D eigenvalue weighted by molar-refractivity contribution is 0.126. The van der Waals surface area contributed by atoms with Crippen molar-refractivity contribution in [3.63, 3.8) is 0 Å². The lowest BCUT2D eigenvalue weighted by Crippen LogP contribution is -2.23. The maximum atomic E-state index is 12.0. The zero-order valence-electron chi connectivity index (χ0n) is 8.90. The number of aryl methyl sites for hydroxylation is 2. The summed E-state index contributed by atoms with van der Waals surface area (Å²) in [6, 6.07) is 1.88. The number of methoxy groups -OCH3 is 1. The molecule has 0 aliphatic rings. The second kappa shape index (κ2) is 3.75. The van der Waals surface area contributed by atoms with Gasteiger partial charge in [-0.3, -0.25) is 9.36 Å². The summed E-state index contributed by atoms with van der Waals surface area (Å²) in [4.78, 5) is 18.3. The molecule has 0 aromatic carbocycles. The molecule has 0 unspecified atom stereocenters. The van der Waals surface area contributed by atoms with Gasteiger partial charge in [0, 0.05) is 12.0 Å². The van der Waals surface area contributed by atoms with E-state index >= 15 is 0 Å². The summed E-state index contributed by atoms with van der Waals surface area (Å²) in [6.45, 7) is 4.04. The molecule has 0 bridgehead atoms. The molecule has 0 saturated carbocycles. The van der Waals surface area contributed by atoms with Gasteiger partial charge in [-0.25, -0.2) is 4.98 Å². The SMILES string of the molecule is COCn1c(C)nc2sc(C)cc2c1=O. The van der Waals surface area contributed by atoms with E-state index in [2.05, 4.69) is 4.98 Å². The van der Waals surface area contributed by atoms with Gasteiger partial charge in [0.25, 0.3) is 5.56 Å². The van der Waals surface area contributed by atoms with Gasteiger partial charge in [0.2, 0.25) is 0 Å². The molecule has 0 N–H and O–H groups in total. The van der Waals surface area contributed by atoms with Crippen molar-refractivity contribution in [3.05, 3.63) is 27.1 Å². The first-order valence-electron chi connectivity index (χ1n) is 4.60. The lowest BCUT2D eigenvalue weighted by atomic mass is 10.3. The molecule has 80 valence electrons. The molecule has 4 nitrogen and oxygen atoms in total. The first-order chi connectivity index (χ1) is 7.13. The number of hydrogen-bond acceptors (Lipinski definition) is 4. The van der Waals surface area contributed by atoms with Crippen molar-refractivity contribution in [1.29, 1.82) is 0 Å². The van der Waals surface area contributed by atoms with E-state index in [1.807, 2.05) is 19.9 Å². The molecule has 0 aliphatic carbocycles. The van der Waals surface area contributed by atoms with Crippen LogP contribution in [0.1, 0.15) is 10.7 Å². The summed E-state index contributed by atoms with van der Waals surface area (Å²) < 4.78 is 6.51. The molecule has 2 aromatic heterocycles. The number of hydrogen-bond donors (Lipinski definition) is 0. The average Bonchev–Trinajstić information content (AvgIpc) is 2.53. The van der Waals surface area contributed by atoms with Crippen LogP contribution in [0.4, 0.5) is 0 Å². The first-order valence-corrected chi connectivity index (χ1v) is 5.41. The zero-order valence-corrected chi connectivity index (χ0v) is 9.72. The van der Waals surface area contributed by atoms with Crippen LogP contribution in [0.2, 0.25) is 0 Å². The van der Waals surface area contributed by atoms with Gasteiger partial charge >= 0.3 is 0 Å². The molecule has 2 aromatic rings. The Morgan fingerprint density at radius 1 is 1.53 bits per heavy atom. The molecular formula is C10H12N2O2S. The monoisotopic (exact) mass is 224 g/mol. The van der Waals surface area contributed by atoms with Gasteiger partial charge in [0.15, 0.2) is 0 Å². The molecule has 0 saturated heterocycles. The van der Waals surface area contributed by atoms with Crippen LogP contribution in [0, 0.1) is 13.8 Å². The first kappa shape index (κ1) is 10.3. The van der Waals surface area contributed by atoms with Crippen molar-refractivity contribution in [2.24, 2.45) is 0 Å². The van der Waals surface area contributed by atoms with Gasteiger partial charge in [-0.2, -0.15) is 0 Å². The Morgan fingerprint density at radius 2 is 2.27 bits per heavy atom. The minimum absolute atomic E-state index is 0.0244. The molecule has 2 rings (SSSR count). The average molecular weight is 224 g/mol. The summed E-state index contributed by atoms with van der Waals surface area (Å²) in [6.07, 6.45) is 0. The van der Waals surface area contributed by atoms with Gasteiger partial charge in [-0.1, -0.05) is 0 Å². The summed E-state index contributed by atoms with van der Waals surface area (Å²) in [5, 5.41) is 0.681. The molecule has 5 heteroatoms. The fraction of sp³-hybridized carbons (Fsp3) is 0.400. The Bertz CT molecular complexity index is 556. The van der Waals surface area contributed by atoms with E-state index in [1.54, 1.807) is 18.4 Å². The highest BCUT2D eigenvalue weighted by molar-refractivity contribution is 7.18. The fourth-order valence-corrected chi connectivity index (χ4v) is 2.43. The summed E-state index contributed by atoms with van der Waals surface area (Å²) in [5.41, 5.74) is -0.0244. The van der Waals surface area contributed by atoms with Crippen molar-refractivity contribution in [1.82, 2.24) is 9.55 Å². The van der Waals surface area contributed by atoms with Crippen molar-refractivity contribution < 1.29 is 4.74 Å². The van der Waals surface area contributed by atoms with E-state index in [0.29, 0.717) is 11.2 Å². The largest absolute Gasteiger partial charge is 0.364 e. The lowest BCUT2D eigenvalue weighted by Gasteiger charge is -2.06.